The van der Waals surface area contributed by atoms with Crippen LogP contribution in [0.4, 0.5) is 4.39 Å². The van der Waals surface area contributed by atoms with Crippen LogP contribution in [0.25, 0.3) is 0 Å². The number of alkyl halides is 1. The molecule has 2 unspecified atom stereocenters. The molecule has 0 spiro atoms. The second-order valence-corrected chi connectivity index (χ2v) is 6.84. The molecule has 1 aliphatic rings. The van der Waals surface area contributed by atoms with Gasteiger partial charge in [0.05, 0.1) is 0 Å². The Morgan fingerprint density at radius 1 is 1.47 bits per heavy atom. The van der Waals surface area contributed by atoms with Crippen LogP contribution in [0, 0.1) is 11.7 Å². The SMILES string of the molecule is CC1CCN(Cc2cc(Br)ccc2F)CC1Br. The van der Waals surface area contributed by atoms with Crippen LogP contribution < -0.4 is 0 Å². The zero-order valence-corrected chi connectivity index (χ0v) is 13.0. The van der Waals surface area contributed by atoms with E-state index in [0.717, 1.165) is 23.1 Å². The first kappa shape index (κ1) is 13.5. The average Bonchev–Trinajstić information content (AvgIpc) is 2.29. The quantitative estimate of drug-likeness (QED) is 0.711. The molecule has 0 aromatic heterocycles. The molecule has 1 aromatic carbocycles. The molecule has 0 bridgehead atoms. The van der Waals surface area contributed by atoms with E-state index in [9.17, 15) is 4.39 Å². The Morgan fingerprint density at radius 3 is 2.94 bits per heavy atom. The maximum absolute atomic E-state index is 13.6. The minimum absolute atomic E-state index is 0.113. The molecule has 0 saturated carbocycles. The molecule has 0 amide bonds. The lowest BCUT2D eigenvalue weighted by atomic mass is 9.98. The molecule has 0 aliphatic carbocycles. The fourth-order valence-electron chi connectivity index (χ4n) is 2.13. The summed E-state index contributed by atoms with van der Waals surface area (Å²) < 4.78 is 14.6. The summed E-state index contributed by atoms with van der Waals surface area (Å²) in [6, 6.07) is 5.14. The van der Waals surface area contributed by atoms with E-state index in [1.165, 1.54) is 12.5 Å². The van der Waals surface area contributed by atoms with E-state index in [1.54, 1.807) is 6.07 Å². The third kappa shape index (κ3) is 3.52. The summed E-state index contributed by atoms with van der Waals surface area (Å²) in [5.41, 5.74) is 0.772. The Kier molecular flexibility index (Phi) is 4.61. The van der Waals surface area contributed by atoms with Crippen molar-refractivity contribution in [1.29, 1.82) is 0 Å². The minimum atomic E-state index is -0.113. The van der Waals surface area contributed by atoms with Crippen LogP contribution in [0.3, 0.4) is 0 Å². The first-order chi connectivity index (χ1) is 8.06. The summed E-state index contributed by atoms with van der Waals surface area (Å²) in [5, 5.41) is 0. The van der Waals surface area contributed by atoms with E-state index in [0.29, 0.717) is 17.3 Å². The summed E-state index contributed by atoms with van der Waals surface area (Å²) in [6.07, 6.45) is 1.17. The maximum atomic E-state index is 13.6. The van der Waals surface area contributed by atoms with Crippen LogP contribution in [-0.2, 0) is 6.54 Å². The van der Waals surface area contributed by atoms with Gasteiger partial charge in [-0.25, -0.2) is 4.39 Å². The van der Waals surface area contributed by atoms with Gasteiger partial charge in [0.2, 0.25) is 0 Å². The van der Waals surface area contributed by atoms with Crippen LogP contribution >= 0.6 is 31.9 Å². The van der Waals surface area contributed by atoms with Crippen LogP contribution in [0.1, 0.15) is 18.9 Å². The largest absolute Gasteiger partial charge is 0.298 e. The predicted molar refractivity (Wildman–Crippen MR) is 75.9 cm³/mol. The Hall–Kier alpha value is 0.0700. The Morgan fingerprint density at radius 2 is 2.24 bits per heavy atom. The summed E-state index contributed by atoms with van der Waals surface area (Å²) in [6.45, 7) is 5.00. The average molecular weight is 365 g/mol. The minimum Gasteiger partial charge on any atom is -0.298 e. The highest BCUT2D eigenvalue weighted by atomic mass is 79.9. The van der Waals surface area contributed by atoms with E-state index in [-0.39, 0.29) is 5.82 Å². The zero-order chi connectivity index (χ0) is 12.4. The van der Waals surface area contributed by atoms with E-state index in [4.69, 9.17) is 0 Å². The zero-order valence-electron chi connectivity index (χ0n) is 9.80. The third-order valence-corrected chi connectivity index (χ3v) is 5.04. The monoisotopic (exact) mass is 363 g/mol. The van der Waals surface area contributed by atoms with Gasteiger partial charge in [-0.05, 0) is 37.1 Å². The molecule has 0 radical (unpaired) electrons. The Labute approximate surface area is 119 Å². The van der Waals surface area contributed by atoms with Crippen molar-refractivity contribution < 1.29 is 4.39 Å². The van der Waals surface area contributed by atoms with E-state index in [2.05, 4.69) is 43.7 Å². The lowest BCUT2D eigenvalue weighted by Crippen LogP contribution is -2.39. The van der Waals surface area contributed by atoms with E-state index in [1.807, 2.05) is 6.07 Å². The van der Waals surface area contributed by atoms with Gasteiger partial charge in [-0.2, -0.15) is 0 Å². The molecule has 17 heavy (non-hydrogen) atoms. The molecule has 0 N–H and O–H groups in total. The summed E-state index contributed by atoms with van der Waals surface area (Å²) in [5.74, 6) is 0.594. The van der Waals surface area contributed by atoms with Gasteiger partial charge in [-0.1, -0.05) is 38.8 Å². The fraction of sp³-hybridized carbons (Fsp3) is 0.538. The normalized spacial score (nSPS) is 26.1. The highest BCUT2D eigenvalue weighted by Crippen LogP contribution is 2.25. The molecule has 1 fully saturated rings. The van der Waals surface area contributed by atoms with Gasteiger partial charge >= 0.3 is 0 Å². The van der Waals surface area contributed by atoms with Gasteiger partial charge in [0, 0.05) is 28.0 Å². The van der Waals surface area contributed by atoms with Crippen LogP contribution in [0.5, 0.6) is 0 Å². The van der Waals surface area contributed by atoms with Crippen molar-refractivity contribution in [2.24, 2.45) is 5.92 Å². The number of halogens is 3. The molecule has 1 saturated heterocycles. The van der Waals surface area contributed by atoms with Crippen molar-refractivity contribution in [1.82, 2.24) is 4.90 Å². The number of hydrogen-bond donors (Lipinski definition) is 0. The summed E-state index contributed by atoms with van der Waals surface area (Å²) in [7, 11) is 0. The summed E-state index contributed by atoms with van der Waals surface area (Å²) in [4.78, 5) is 2.83. The standard InChI is InChI=1S/C13H16Br2FN/c1-9-4-5-17(8-12(9)15)7-10-6-11(14)2-3-13(10)16/h2-3,6,9,12H,4-5,7-8H2,1H3. The van der Waals surface area contributed by atoms with Crippen LogP contribution in [-0.4, -0.2) is 22.8 Å². The van der Waals surface area contributed by atoms with Crippen molar-refractivity contribution in [2.45, 2.75) is 24.7 Å². The molecular formula is C13H16Br2FN. The molecule has 2 rings (SSSR count). The van der Waals surface area contributed by atoms with Crippen LogP contribution in [0.2, 0.25) is 0 Å². The topological polar surface area (TPSA) is 3.24 Å². The molecule has 1 aliphatic heterocycles. The van der Waals surface area contributed by atoms with Crippen molar-refractivity contribution >= 4 is 31.9 Å². The highest BCUT2D eigenvalue weighted by molar-refractivity contribution is 9.10. The van der Waals surface area contributed by atoms with E-state index >= 15 is 0 Å². The van der Waals surface area contributed by atoms with Crippen molar-refractivity contribution in [2.75, 3.05) is 13.1 Å². The second-order valence-electron chi connectivity index (χ2n) is 4.75. The van der Waals surface area contributed by atoms with Gasteiger partial charge in [-0.15, -0.1) is 0 Å². The van der Waals surface area contributed by atoms with E-state index < -0.39 is 0 Å². The second kappa shape index (κ2) is 5.81. The molecule has 2 atom stereocenters. The highest BCUT2D eigenvalue weighted by Gasteiger charge is 2.24. The molecule has 4 heteroatoms. The summed E-state index contributed by atoms with van der Waals surface area (Å²) >= 11 is 7.08. The number of piperidine rings is 1. The number of nitrogens with zero attached hydrogens (tertiary/aromatic N) is 1. The Balaban J connectivity index is 2.03. The van der Waals surface area contributed by atoms with Gasteiger partial charge < -0.3 is 0 Å². The number of likely N-dealkylation sites (tertiary alicyclic amines) is 1. The first-order valence-electron chi connectivity index (χ1n) is 5.86. The predicted octanol–water partition coefficient (Wildman–Crippen LogP) is 4.19. The molecular weight excluding hydrogens is 349 g/mol. The molecule has 1 nitrogen and oxygen atoms in total. The molecule has 94 valence electrons. The number of benzene rings is 1. The van der Waals surface area contributed by atoms with Gasteiger partial charge in [0.15, 0.2) is 0 Å². The number of rotatable bonds is 2. The van der Waals surface area contributed by atoms with Crippen molar-refractivity contribution in [3.8, 4) is 0 Å². The first-order valence-corrected chi connectivity index (χ1v) is 7.57. The maximum Gasteiger partial charge on any atom is 0.127 e. The fourth-order valence-corrected chi connectivity index (χ4v) is 3.22. The lowest BCUT2D eigenvalue weighted by molar-refractivity contribution is 0.192. The van der Waals surface area contributed by atoms with Gasteiger partial charge in [-0.3, -0.25) is 4.90 Å². The van der Waals surface area contributed by atoms with Gasteiger partial charge in [0.25, 0.3) is 0 Å². The van der Waals surface area contributed by atoms with Crippen LogP contribution in [0.15, 0.2) is 22.7 Å². The molecule has 1 heterocycles. The van der Waals surface area contributed by atoms with Crippen molar-refractivity contribution in [3.63, 3.8) is 0 Å². The lowest BCUT2D eigenvalue weighted by Gasteiger charge is -2.34. The third-order valence-electron chi connectivity index (χ3n) is 3.35. The number of hydrogen-bond acceptors (Lipinski definition) is 1. The molecule has 1 aromatic rings. The van der Waals surface area contributed by atoms with Crippen molar-refractivity contribution in [3.05, 3.63) is 34.1 Å². The smallest absolute Gasteiger partial charge is 0.127 e. The van der Waals surface area contributed by atoms with Gasteiger partial charge in [0.1, 0.15) is 5.82 Å². The Bertz CT molecular complexity index is 397.